The Morgan fingerprint density at radius 1 is 1.38 bits per heavy atom. The Balaban J connectivity index is 1.72. The predicted molar refractivity (Wildman–Crippen MR) is 93.7 cm³/mol. The second-order valence-corrected chi connectivity index (χ2v) is 6.03. The van der Waals surface area contributed by atoms with Crippen LogP contribution in [0.25, 0.3) is 11.3 Å². The lowest BCUT2D eigenvalue weighted by Gasteiger charge is -2.10. The molecule has 0 saturated carbocycles. The van der Waals surface area contributed by atoms with Crippen molar-refractivity contribution in [2.45, 2.75) is 6.54 Å². The second kappa shape index (κ2) is 6.92. The number of aromatic nitrogens is 2. The molecule has 124 valence electrons. The van der Waals surface area contributed by atoms with Crippen molar-refractivity contribution in [2.24, 2.45) is 7.05 Å². The molecule has 2 aromatic heterocycles. The first-order valence-electron chi connectivity index (χ1n) is 7.25. The molecular formula is C17H16BrN3O3. The number of hydrogen-bond donors (Lipinski definition) is 1. The average molecular weight is 390 g/mol. The smallest absolute Gasteiger partial charge is 0.354 e. The van der Waals surface area contributed by atoms with Crippen LogP contribution in [0.5, 0.6) is 0 Å². The number of esters is 1. The first-order chi connectivity index (χ1) is 11.6. The Morgan fingerprint density at radius 3 is 2.75 bits per heavy atom. The Labute approximate surface area is 147 Å². The van der Waals surface area contributed by atoms with E-state index in [-0.39, 0.29) is 5.97 Å². The third-order valence-electron chi connectivity index (χ3n) is 3.76. The highest BCUT2D eigenvalue weighted by Crippen LogP contribution is 2.24. The van der Waals surface area contributed by atoms with Crippen LogP contribution in [0.1, 0.15) is 16.2 Å². The summed E-state index contributed by atoms with van der Waals surface area (Å²) in [4.78, 5) is 15.6. The van der Waals surface area contributed by atoms with Gasteiger partial charge in [-0.2, -0.15) is 0 Å². The van der Waals surface area contributed by atoms with E-state index in [2.05, 4.69) is 26.2 Å². The van der Waals surface area contributed by atoms with E-state index in [1.807, 2.05) is 35.9 Å². The van der Waals surface area contributed by atoms with Gasteiger partial charge >= 0.3 is 5.97 Å². The molecule has 24 heavy (non-hydrogen) atoms. The van der Waals surface area contributed by atoms with Crippen molar-refractivity contribution in [2.75, 3.05) is 12.4 Å². The molecule has 0 spiro atoms. The van der Waals surface area contributed by atoms with Gasteiger partial charge in [-0.3, -0.25) is 0 Å². The fraction of sp³-hybridized carbons (Fsp3) is 0.176. The maximum absolute atomic E-state index is 11.7. The largest absolute Gasteiger partial charge is 0.464 e. The zero-order valence-corrected chi connectivity index (χ0v) is 14.8. The van der Waals surface area contributed by atoms with E-state index in [1.165, 1.54) is 13.5 Å². The highest BCUT2D eigenvalue weighted by molar-refractivity contribution is 9.10. The number of methoxy groups -OCH3 is 1. The normalized spacial score (nSPS) is 10.6. The standard InChI is InChI=1S/C17H16BrN3O3/c1-21-14(17(22)23-2)7-13(18)15(21)8-20-12-5-3-11(4-6-12)16-9-19-10-24-16/h3-7,9-10,20H,8H2,1-2H3. The Morgan fingerprint density at radius 2 is 2.12 bits per heavy atom. The molecule has 0 atom stereocenters. The molecule has 3 rings (SSSR count). The van der Waals surface area contributed by atoms with Crippen LogP contribution in [0.3, 0.4) is 0 Å². The average Bonchev–Trinajstić information content (AvgIpc) is 3.22. The number of halogens is 1. The number of carbonyl (C=O) groups excluding carboxylic acids is 1. The van der Waals surface area contributed by atoms with Crippen molar-refractivity contribution in [3.63, 3.8) is 0 Å². The van der Waals surface area contributed by atoms with Crippen molar-refractivity contribution in [1.82, 2.24) is 9.55 Å². The van der Waals surface area contributed by atoms with E-state index in [9.17, 15) is 4.79 Å². The van der Waals surface area contributed by atoms with Gasteiger partial charge in [0, 0.05) is 22.8 Å². The van der Waals surface area contributed by atoms with Gasteiger partial charge in [-0.25, -0.2) is 9.78 Å². The first kappa shape index (κ1) is 16.3. The van der Waals surface area contributed by atoms with Crippen molar-refractivity contribution in [3.8, 4) is 11.3 Å². The molecule has 0 aliphatic heterocycles. The number of hydrogen-bond acceptors (Lipinski definition) is 5. The minimum atomic E-state index is -0.360. The highest BCUT2D eigenvalue weighted by Gasteiger charge is 2.16. The molecule has 0 radical (unpaired) electrons. The summed E-state index contributed by atoms with van der Waals surface area (Å²) in [5, 5.41) is 3.34. The third-order valence-corrected chi connectivity index (χ3v) is 4.45. The van der Waals surface area contributed by atoms with Crippen LogP contribution in [0.2, 0.25) is 0 Å². The molecule has 0 aliphatic carbocycles. The molecule has 0 bridgehead atoms. The number of carbonyl (C=O) groups is 1. The number of rotatable bonds is 5. The van der Waals surface area contributed by atoms with Crippen LogP contribution >= 0.6 is 15.9 Å². The number of benzene rings is 1. The monoisotopic (exact) mass is 389 g/mol. The van der Waals surface area contributed by atoms with Gasteiger partial charge in [0.05, 0.1) is 25.5 Å². The van der Waals surface area contributed by atoms with Gasteiger partial charge in [0.25, 0.3) is 0 Å². The van der Waals surface area contributed by atoms with Gasteiger partial charge in [-0.05, 0) is 46.3 Å². The summed E-state index contributed by atoms with van der Waals surface area (Å²) in [6.07, 6.45) is 3.09. The molecule has 0 unspecified atom stereocenters. The minimum absolute atomic E-state index is 0.360. The molecular weight excluding hydrogens is 374 g/mol. The van der Waals surface area contributed by atoms with Crippen LogP contribution in [-0.2, 0) is 18.3 Å². The Bertz CT molecular complexity index is 839. The van der Waals surface area contributed by atoms with Crippen LogP contribution in [0.15, 0.2) is 51.8 Å². The topological polar surface area (TPSA) is 69.3 Å². The zero-order valence-electron chi connectivity index (χ0n) is 13.2. The lowest BCUT2D eigenvalue weighted by atomic mass is 10.1. The van der Waals surface area contributed by atoms with E-state index >= 15 is 0 Å². The van der Waals surface area contributed by atoms with Crippen molar-refractivity contribution < 1.29 is 13.9 Å². The molecule has 1 aromatic carbocycles. The molecule has 7 heteroatoms. The first-order valence-corrected chi connectivity index (χ1v) is 8.04. The lowest BCUT2D eigenvalue weighted by Crippen LogP contribution is -2.11. The van der Waals surface area contributed by atoms with Crippen molar-refractivity contribution in [1.29, 1.82) is 0 Å². The maximum Gasteiger partial charge on any atom is 0.354 e. The molecule has 0 saturated heterocycles. The quantitative estimate of drug-likeness (QED) is 0.671. The number of ether oxygens (including phenoxy) is 1. The summed E-state index contributed by atoms with van der Waals surface area (Å²) >= 11 is 3.49. The van der Waals surface area contributed by atoms with Gasteiger partial charge in [0.1, 0.15) is 5.69 Å². The SMILES string of the molecule is COC(=O)c1cc(Br)c(CNc2ccc(-c3cnco3)cc2)n1C. The third kappa shape index (κ3) is 3.21. The lowest BCUT2D eigenvalue weighted by molar-refractivity contribution is 0.0589. The molecule has 0 fully saturated rings. The fourth-order valence-corrected chi connectivity index (χ4v) is 3.03. The molecule has 0 aliphatic rings. The van der Waals surface area contributed by atoms with Gasteiger partial charge < -0.3 is 19.0 Å². The van der Waals surface area contributed by atoms with Gasteiger partial charge in [-0.1, -0.05) is 0 Å². The van der Waals surface area contributed by atoms with E-state index < -0.39 is 0 Å². The van der Waals surface area contributed by atoms with Crippen molar-refractivity contribution >= 4 is 27.6 Å². The van der Waals surface area contributed by atoms with E-state index in [1.54, 1.807) is 12.3 Å². The maximum atomic E-state index is 11.7. The summed E-state index contributed by atoms with van der Waals surface area (Å²) in [5.41, 5.74) is 3.38. The van der Waals surface area contributed by atoms with Crippen LogP contribution in [0.4, 0.5) is 5.69 Å². The van der Waals surface area contributed by atoms with Crippen molar-refractivity contribution in [3.05, 3.63) is 58.8 Å². The number of nitrogens with one attached hydrogen (secondary N) is 1. The molecule has 1 N–H and O–H groups in total. The molecule has 0 amide bonds. The molecule has 2 heterocycles. The van der Waals surface area contributed by atoms with E-state index in [4.69, 9.17) is 9.15 Å². The summed E-state index contributed by atoms with van der Waals surface area (Å²) in [6.45, 7) is 0.565. The predicted octanol–water partition coefficient (Wildman–Crippen LogP) is 3.84. The number of oxazole rings is 1. The Kier molecular flexibility index (Phi) is 4.71. The second-order valence-electron chi connectivity index (χ2n) is 5.17. The van der Waals surface area contributed by atoms with Gasteiger partial charge in [0.15, 0.2) is 12.2 Å². The van der Waals surface area contributed by atoms with Crippen LogP contribution in [-0.4, -0.2) is 22.6 Å². The van der Waals surface area contributed by atoms with Crippen LogP contribution < -0.4 is 5.32 Å². The number of anilines is 1. The summed E-state index contributed by atoms with van der Waals surface area (Å²) in [6, 6.07) is 9.62. The summed E-state index contributed by atoms with van der Waals surface area (Å²) in [5.74, 6) is 0.371. The fourth-order valence-electron chi connectivity index (χ4n) is 2.41. The van der Waals surface area contributed by atoms with Gasteiger partial charge in [0.2, 0.25) is 0 Å². The van der Waals surface area contributed by atoms with Gasteiger partial charge in [-0.15, -0.1) is 0 Å². The van der Waals surface area contributed by atoms with E-state index in [0.717, 1.165) is 27.2 Å². The highest BCUT2D eigenvalue weighted by atomic mass is 79.9. The zero-order chi connectivity index (χ0) is 17.1. The van der Waals surface area contributed by atoms with Crippen LogP contribution in [0, 0.1) is 0 Å². The molecule has 6 nitrogen and oxygen atoms in total. The summed E-state index contributed by atoms with van der Waals surface area (Å²) < 4.78 is 12.7. The summed E-state index contributed by atoms with van der Waals surface area (Å²) in [7, 11) is 3.21. The number of nitrogens with zero attached hydrogens (tertiary/aromatic N) is 2. The Hall–Kier alpha value is -2.54. The minimum Gasteiger partial charge on any atom is -0.464 e. The molecule has 3 aromatic rings. The van der Waals surface area contributed by atoms with E-state index in [0.29, 0.717) is 12.2 Å².